The number of methoxy groups -OCH3 is 1. The standard InChI is InChI=1S/C18H32N4O2.HI/c1-5-10-20-18(19)21-14-15-8-9-16(17(13-15)23-4)24-12-11-22(6-2)7-3;/h8-9,13H,5-7,10-12,14H2,1-4H3,(H3,19,20,21);1H. The van der Waals surface area contributed by atoms with Gasteiger partial charge >= 0.3 is 0 Å². The zero-order valence-corrected chi connectivity index (χ0v) is 18.2. The molecule has 144 valence electrons. The molecule has 0 aliphatic heterocycles. The second kappa shape index (κ2) is 14.0. The fraction of sp³-hybridized carbons (Fsp3) is 0.611. The fourth-order valence-corrected chi connectivity index (χ4v) is 2.24. The molecular weight excluding hydrogens is 431 g/mol. The van der Waals surface area contributed by atoms with Crippen LogP contribution in [0.5, 0.6) is 11.5 Å². The van der Waals surface area contributed by atoms with Gasteiger partial charge in [0.1, 0.15) is 6.61 Å². The summed E-state index contributed by atoms with van der Waals surface area (Å²) in [5, 5.41) is 3.06. The zero-order valence-electron chi connectivity index (χ0n) is 15.9. The Morgan fingerprint density at radius 3 is 2.52 bits per heavy atom. The second-order valence-electron chi connectivity index (χ2n) is 5.49. The number of hydrogen-bond donors (Lipinski definition) is 2. The maximum atomic E-state index is 5.86. The summed E-state index contributed by atoms with van der Waals surface area (Å²) in [6.45, 7) is 11.3. The van der Waals surface area contributed by atoms with Gasteiger partial charge < -0.3 is 25.4 Å². The Kier molecular flexibility index (Phi) is 13.3. The third-order valence-corrected chi connectivity index (χ3v) is 3.78. The lowest BCUT2D eigenvalue weighted by Gasteiger charge is -2.18. The largest absolute Gasteiger partial charge is 0.493 e. The Balaban J connectivity index is 0.00000576. The van der Waals surface area contributed by atoms with Crippen LogP contribution >= 0.6 is 24.0 Å². The molecule has 0 unspecified atom stereocenters. The van der Waals surface area contributed by atoms with Crippen LogP contribution in [0.15, 0.2) is 23.2 Å². The molecule has 0 spiro atoms. The van der Waals surface area contributed by atoms with Crippen LogP contribution in [0.2, 0.25) is 0 Å². The molecule has 0 heterocycles. The summed E-state index contributed by atoms with van der Waals surface area (Å²) in [5.74, 6) is 1.95. The Morgan fingerprint density at radius 2 is 1.92 bits per heavy atom. The summed E-state index contributed by atoms with van der Waals surface area (Å²) in [6, 6.07) is 5.87. The first-order chi connectivity index (χ1) is 11.6. The highest BCUT2D eigenvalue weighted by Gasteiger charge is 2.07. The molecule has 0 saturated heterocycles. The van der Waals surface area contributed by atoms with Crippen molar-refractivity contribution in [3.05, 3.63) is 23.8 Å². The summed E-state index contributed by atoms with van der Waals surface area (Å²) in [5.41, 5.74) is 6.84. The van der Waals surface area contributed by atoms with Crippen molar-refractivity contribution >= 4 is 29.9 Å². The van der Waals surface area contributed by atoms with Gasteiger partial charge in [-0.1, -0.05) is 26.8 Å². The smallest absolute Gasteiger partial charge is 0.188 e. The Hall–Kier alpha value is -1.22. The van der Waals surface area contributed by atoms with Gasteiger partial charge in [-0.2, -0.15) is 0 Å². The number of benzene rings is 1. The van der Waals surface area contributed by atoms with E-state index in [1.54, 1.807) is 7.11 Å². The van der Waals surface area contributed by atoms with Crippen LogP contribution in [-0.2, 0) is 6.54 Å². The molecule has 0 aliphatic rings. The minimum atomic E-state index is 0. The van der Waals surface area contributed by atoms with Crippen LogP contribution in [0.3, 0.4) is 0 Å². The first-order valence-corrected chi connectivity index (χ1v) is 8.70. The summed E-state index contributed by atoms with van der Waals surface area (Å²) in [6.07, 6.45) is 1.02. The first-order valence-electron chi connectivity index (χ1n) is 8.70. The quantitative estimate of drug-likeness (QED) is 0.300. The summed E-state index contributed by atoms with van der Waals surface area (Å²) in [4.78, 5) is 6.65. The van der Waals surface area contributed by atoms with Crippen molar-refractivity contribution in [3.63, 3.8) is 0 Å². The van der Waals surface area contributed by atoms with Crippen molar-refractivity contribution in [2.45, 2.75) is 33.7 Å². The van der Waals surface area contributed by atoms with Gasteiger partial charge in [-0.25, -0.2) is 4.99 Å². The molecule has 0 aromatic heterocycles. The molecule has 0 aliphatic carbocycles. The summed E-state index contributed by atoms with van der Waals surface area (Å²) < 4.78 is 11.3. The van der Waals surface area contributed by atoms with Crippen molar-refractivity contribution in [1.82, 2.24) is 10.2 Å². The van der Waals surface area contributed by atoms with Crippen molar-refractivity contribution in [3.8, 4) is 11.5 Å². The molecule has 7 heteroatoms. The number of nitrogens with two attached hydrogens (primary N) is 1. The highest BCUT2D eigenvalue weighted by molar-refractivity contribution is 14.0. The van der Waals surface area contributed by atoms with Crippen LogP contribution in [0.25, 0.3) is 0 Å². The van der Waals surface area contributed by atoms with Gasteiger partial charge in [0.25, 0.3) is 0 Å². The number of halogens is 1. The van der Waals surface area contributed by atoms with E-state index < -0.39 is 0 Å². The lowest BCUT2D eigenvalue weighted by atomic mass is 10.2. The molecule has 0 atom stereocenters. The van der Waals surface area contributed by atoms with Crippen molar-refractivity contribution in [2.75, 3.05) is 39.9 Å². The Labute approximate surface area is 169 Å². The van der Waals surface area contributed by atoms with E-state index in [0.717, 1.165) is 49.7 Å². The van der Waals surface area contributed by atoms with Gasteiger partial charge in [-0.05, 0) is 37.2 Å². The highest BCUT2D eigenvalue weighted by Crippen LogP contribution is 2.28. The number of guanidine groups is 1. The average molecular weight is 464 g/mol. The number of ether oxygens (including phenoxy) is 2. The SMILES string of the molecule is CCCNC(N)=NCc1ccc(OCCN(CC)CC)c(OC)c1.I. The molecule has 0 amide bonds. The van der Waals surface area contributed by atoms with Crippen LogP contribution in [0, 0.1) is 0 Å². The molecule has 0 fully saturated rings. The average Bonchev–Trinajstić information content (AvgIpc) is 2.62. The number of aliphatic imine (C=N–C) groups is 1. The third kappa shape index (κ3) is 9.15. The second-order valence-corrected chi connectivity index (χ2v) is 5.49. The lowest BCUT2D eigenvalue weighted by Crippen LogP contribution is -2.32. The number of rotatable bonds is 11. The van der Waals surface area contributed by atoms with E-state index in [4.69, 9.17) is 15.2 Å². The van der Waals surface area contributed by atoms with E-state index in [1.807, 2.05) is 18.2 Å². The van der Waals surface area contributed by atoms with E-state index >= 15 is 0 Å². The summed E-state index contributed by atoms with van der Waals surface area (Å²) >= 11 is 0. The molecule has 0 bridgehead atoms. The monoisotopic (exact) mass is 464 g/mol. The number of likely N-dealkylation sites (N-methyl/N-ethyl adjacent to an activating group) is 1. The maximum absolute atomic E-state index is 5.86. The zero-order chi connectivity index (χ0) is 17.8. The minimum absolute atomic E-state index is 0. The molecule has 6 nitrogen and oxygen atoms in total. The van der Waals surface area contributed by atoms with E-state index in [0.29, 0.717) is 19.1 Å². The van der Waals surface area contributed by atoms with Gasteiger partial charge in [0.05, 0.1) is 13.7 Å². The van der Waals surface area contributed by atoms with Crippen molar-refractivity contribution in [2.24, 2.45) is 10.7 Å². The Morgan fingerprint density at radius 1 is 1.20 bits per heavy atom. The van der Waals surface area contributed by atoms with E-state index in [1.165, 1.54) is 0 Å². The van der Waals surface area contributed by atoms with E-state index in [9.17, 15) is 0 Å². The number of nitrogens with zero attached hydrogens (tertiary/aromatic N) is 2. The number of nitrogens with one attached hydrogen (secondary N) is 1. The van der Waals surface area contributed by atoms with Gasteiger partial charge in [-0.3, -0.25) is 0 Å². The fourth-order valence-electron chi connectivity index (χ4n) is 2.24. The molecular formula is C18H33IN4O2. The van der Waals surface area contributed by atoms with E-state index in [2.05, 4.69) is 36.0 Å². The predicted octanol–water partition coefficient (Wildman–Crippen LogP) is 2.85. The van der Waals surface area contributed by atoms with Gasteiger partial charge in [-0.15, -0.1) is 24.0 Å². The normalized spacial score (nSPS) is 11.2. The van der Waals surface area contributed by atoms with Gasteiger partial charge in [0.2, 0.25) is 0 Å². The van der Waals surface area contributed by atoms with Crippen molar-refractivity contribution in [1.29, 1.82) is 0 Å². The van der Waals surface area contributed by atoms with Gasteiger partial charge in [0, 0.05) is 13.1 Å². The summed E-state index contributed by atoms with van der Waals surface area (Å²) in [7, 11) is 1.65. The van der Waals surface area contributed by atoms with Gasteiger partial charge in [0.15, 0.2) is 17.5 Å². The molecule has 1 aromatic rings. The highest BCUT2D eigenvalue weighted by atomic mass is 127. The lowest BCUT2D eigenvalue weighted by molar-refractivity contribution is 0.217. The van der Waals surface area contributed by atoms with Crippen LogP contribution in [0.4, 0.5) is 0 Å². The third-order valence-electron chi connectivity index (χ3n) is 3.78. The van der Waals surface area contributed by atoms with Crippen LogP contribution < -0.4 is 20.5 Å². The van der Waals surface area contributed by atoms with Crippen molar-refractivity contribution < 1.29 is 9.47 Å². The topological polar surface area (TPSA) is 72.1 Å². The predicted molar refractivity (Wildman–Crippen MR) is 115 cm³/mol. The molecule has 0 radical (unpaired) electrons. The molecule has 1 rings (SSSR count). The van der Waals surface area contributed by atoms with Crippen LogP contribution in [0.1, 0.15) is 32.8 Å². The minimum Gasteiger partial charge on any atom is -0.493 e. The number of hydrogen-bond acceptors (Lipinski definition) is 4. The molecule has 1 aromatic carbocycles. The first kappa shape index (κ1) is 23.8. The molecule has 25 heavy (non-hydrogen) atoms. The Bertz CT molecular complexity index is 508. The molecule has 0 saturated carbocycles. The van der Waals surface area contributed by atoms with Crippen LogP contribution in [-0.4, -0.2) is 50.8 Å². The molecule has 3 N–H and O–H groups in total. The maximum Gasteiger partial charge on any atom is 0.188 e. The van der Waals surface area contributed by atoms with E-state index in [-0.39, 0.29) is 24.0 Å².